The molecule has 0 aromatic heterocycles. The van der Waals surface area contributed by atoms with Crippen LogP contribution in [-0.4, -0.2) is 11.3 Å². The number of carbonyl (C=O) groups is 1. The Bertz CT molecular complexity index is 804. The van der Waals surface area contributed by atoms with E-state index in [1.54, 1.807) is 0 Å². The van der Waals surface area contributed by atoms with Gasteiger partial charge in [-0.25, -0.2) is 4.79 Å². The molecular weight excluding hydrogens is 312 g/mol. The summed E-state index contributed by atoms with van der Waals surface area (Å²) in [6.45, 7) is 12.7. The summed E-state index contributed by atoms with van der Waals surface area (Å²) < 4.78 is 5.15. The molecule has 0 saturated heterocycles. The highest BCUT2D eigenvalue weighted by molar-refractivity contribution is 5.77. The van der Waals surface area contributed by atoms with Crippen molar-refractivity contribution in [3.05, 3.63) is 51.6 Å². The van der Waals surface area contributed by atoms with Gasteiger partial charge in [0.2, 0.25) is 0 Å². The first-order valence-electron chi connectivity index (χ1n) is 9.01. The summed E-state index contributed by atoms with van der Waals surface area (Å²) in [5.74, 6) is 0.469. The molecule has 0 bridgehead atoms. The van der Waals surface area contributed by atoms with Crippen LogP contribution in [0.15, 0.2) is 18.2 Å². The molecule has 0 aliphatic heterocycles. The second-order valence-electron chi connectivity index (χ2n) is 6.47. The number of benzene rings is 2. The van der Waals surface area contributed by atoms with E-state index >= 15 is 0 Å². The highest BCUT2D eigenvalue weighted by Crippen LogP contribution is 2.38. The van der Waals surface area contributed by atoms with Crippen LogP contribution in [0.5, 0.6) is 5.75 Å². The Morgan fingerprint density at radius 2 is 1.48 bits per heavy atom. The number of hydrogen-bond acceptors (Lipinski definition) is 2. The molecule has 0 amide bonds. The summed E-state index contributed by atoms with van der Waals surface area (Å²) in [7, 11) is 0. The Morgan fingerprint density at radius 1 is 0.880 bits per heavy atom. The molecule has 0 saturated carbocycles. The van der Waals surface area contributed by atoms with Gasteiger partial charge >= 0.3 is 6.16 Å². The SMILES string of the molecule is CCc1c(OC(=O)O)cc(-c2ccc(C)c(C)c2C)c(CC)c1CC. The summed E-state index contributed by atoms with van der Waals surface area (Å²) in [6, 6.07) is 6.19. The van der Waals surface area contributed by atoms with E-state index in [9.17, 15) is 4.79 Å². The number of aryl methyl sites for hydroxylation is 1. The van der Waals surface area contributed by atoms with Gasteiger partial charge in [-0.05, 0) is 90.6 Å². The fourth-order valence-electron chi connectivity index (χ4n) is 3.69. The van der Waals surface area contributed by atoms with E-state index in [0.29, 0.717) is 5.75 Å². The van der Waals surface area contributed by atoms with E-state index in [-0.39, 0.29) is 0 Å². The highest BCUT2D eigenvalue weighted by Gasteiger charge is 2.20. The van der Waals surface area contributed by atoms with Crippen LogP contribution in [0.4, 0.5) is 4.79 Å². The van der Waals surface area contributed by atoms with Gasteiger partial charge in [-0.2, -0.15) is 0 Å². The predicted molar refractivity (Wildman–Crippen MR) is 103 cm³/mol. The van der Waals surface area contributed by atoms with Crippen molar-refractivity contribution in [2.45, 2.75) is 60.8 Å². The topological polar surface area (TPSA) is 46.5 Å². The molecule has 3 nitrogen and oxygen atoms in total. The summed E-state index contributed by atoms with van der Waals surface area (Å²) in [4.78, 5) is 11.2. The number of hydrogen-bond donors (Lipinski definition) is 1. The molecule has 2 aromatic rings. The van der Waals surface area contributed by atoms with Crippen LogP contribution in [0.25, 0.3) is 11.1 Å². The molecule has 0 atom stereocenters. The van der Waals surface area contributed by atoms with Gasteiger partial charge in [0, 0.05) is 0 Å². The third-order valence-corrected chi connectivity index (χ3v) is 5.23. The average Bonchev–Trinajstić information content (AvgIpc) is 2.58. The molecule has 0 spiro atoms. The Balaban J connectivity index is 2.85. The van der Waals surface area contributed by atoms with Gasteiger partial charge in [0.05, 0.1) is 0 Å². The standard InChI is InChI=1S/C22H28O3/c1-7-16-17(8-2)20(12-21(18(16)9-3)25-22(23)24)19-11-10-13(4)14(5)15(19)6/h10-12H,7-9H2,1-6H3,(H,23,24). The molecule has 134 valence electrons. The number of rotatable bonds is 5. The lowest BCUT2D eigenvalue weighted by atomic mass is 9.85. The normalized spacial score (nSPS) is 10.8. The van der Waals surface area contributed by atoms with E-state index in [4.69, 9.17) is 9.84 Å². The maximum Gasteiger partial charge on any atom is 0.511 e. The molecule has 0 fully saturated rings. The van der Waals surface area contributed by atoms with Crippen LogP contribution < -0.4 is 4.74 Å². The first-order chi connectivity index (χ1) is 11.8. The van der Waals surface area contributed by atoms with Gasteiger partial charge in [0.1, 0.15) is 5.75 Å². The van der Waals surface area contributed by atoms with Crippen LogP contribution in [0.1, 0.15) is 54.2 Å². The predicted octanol–water partition coefficient (Wildman–Crippen LogP) is 6.02. The third kappa shape index (κ3) is 3.55. The van der Waals surface area contributed by atoms with Crippen molar-refractivity contribution >= 4 is 6.16 Å². The largest absolute Gasteiger partial charge is 0.511 e. The third-order valence-electron chi connectivity index (χ3n) is 5.23. The second kappa shape index (κ2) is 7.73. The lowest BCUT2D eigenvalue weighted by molar-refractivity contribution is 0.144. The van der Waals surface area contributed by atoms with Gasteiger partial charge in [0.25, 0.3) is 0 Å². The van der Waals surface area contributed by atoms with Crippen molar-refractivity contribution in [3.63, 3.8) is 0 Å². The molecule has 0 aliphatic rings. The molecule has 0 aliphatic carbocycles. The van der Waals surface area contributed by atoms with Crippen molar-refractivity contribution in [3.8, 4) is 16.9 Å². The minimum absolute atomic E-state index is 0.469. The Labute approximate surface area is 150 Å². The zero-order chi connectivity index (χ0) is 18.7. The lowest BCUT2D eigenvalue weighted by Gasteiger charge is -2.22. The summed E-state index contributed by atoms with van der Waals surface area (Å²) >= 11 is 0. The first kappa shape index (κ1) is 19.0. The van der Waals surface area contributed by atoms with E-state index in [0.717, 1.165) is 36.0 Å². The minimum Gasteiger partial charge on any atom is -0.449 e. The van der Waals surface area contributed by atoms with Crippen molar-refractivity contribution in [2.75, 3.05) is 0 Å². The highest BCUT2D eigenvalue weighted by atomic mass is 16.7. The van der Waals surface area contributed by atoms with Crippen molar-refractivity contribution in [2.24, 2.45) is 0 Å². The van der Waals surface area contributed by atoms with E-state index in [1.807, 2.05) is 13.0 Å². The van der Waals surface area contributed by atoms with Gasteiger partial charge in [-0.15, -0.1) is 0 Å². The van der Waals surface area contributed by atoms with Gasteiger partial charge < -0.3 is 9.84 Å². The van der Waals surface area contributed by atoms with Gasteiger partial charge in [-0.1, -0.05) is 32.9 Å². The molecule has 1 N–H and O–H groups in total. The smallest absolute Gasteiger partial charge is 0.449 e. The quantitative estimate of drug-likeness (QED) is 0.534. The second-order valence-corrected chi connectivity index (χ2v) is 6.47. The monoisotopic (exact) mass is 340 g/mol. The van der Waals surface area contributed by atoms with Gasteiger partial charge in [0.15, 0.2) is 0 Å². The zero-order valence-corrected chi connectivity index (χ0v) is 16.1. The first-order valence-corrected chi connectivity index (χ1v) is 9.01. The van der Waals surface area contributed by atoms with Crippen molar-refractivity contribution in [1.82, 2.24) is 0 Å². The maximum atomic E-state index is 11.2. The number of carboxylic acid groups (broad SMARTS) is 1. The van der Waals surface area contributed by atoms with E-state index in [1.165, 1.54) is 27.8 Å². The van der Waals surface area contributed by atoms with Crippen LogP contribution in [0.2, 0.25) is 0 Å². The fourth-order valence-corrected chi connectivity index (χ4v) is 3.69. The van der Waals surface area contributed by atoms with Crippen LogP contribution in [0, 0.1) is 20.8 Å². The summed E-state index contributed by atoms with van der Waals surface area (Å²) in [5.41, 5.74) is 9.55. The summed E-state index contributed by atoms with van der Waals surface area (Å²) in [5, 5.41) is 9.15. The fraction of sp³-hybridized carbons (Fsp3) is 0.409. The molecular formula is C22H28O3. The Morgan fingerprint density at radius 3 is 2.00 bits per heavy atom. The molecule has 25 heavy (non-hydrogen) atoms. The van der Waals surface area contributed by atoms with Crippen molar-refractivity contribution < 1.29 is 14.6 Å². The van der Waals surface area contributed by atoms with E-state index in [2.05, 4.69) is 46.8 Å². The molecule has 2 rings (SSSR count). The molecule has 0 unspecified atom stereocenters. The Hall–Kier alpha value is -2.29. The molecule has 0 radical (unpaired) electrons. The van der Waals surface area contributed by atoms with Crippen LogP contribution >= 0.6 is 0 Å². The molecule has 0 heterocycles. The van der Waals surface area contributed by atoms with Gasteiger partial charge in [-0.3, -0.25) is 0 Å². The van der Waals surface area contributed by atoms with Crippen LogP contribution in [0.3, 0.4) is 0 Å². The Kier molecular flexibility index (Phi) is 5.89. The van der Waals surface area contributed by atoms with E-state index < -0.39 is 6.16 Å². The average molecular weight is 340 g/mol. The zero-order valence-electron chi connectivity index (χ0n) is 16.1. The molecule has 2 aromatic carbocycles. The number of ether oxygens (including phenoxy) is 1. The maximum absolute atomic E-state index is 11.2. The van der Waals surface area contributed by atoms with Crippen LogP contribution in [-0.2, 0) is 19.3 Å². The minimum atomic E-state index is -1.26. The lowest BCUT2D eigenvalue weighted by Crippen LogP contribution is -2.10. The summed E-state index contributed by atoms with van der Waals surface area (Å²) in [6.07, 6.45) is 1.26. The van der Waals surface area contributed by atoms with Crippen molar-refractivity contribution in [1.29, 1.82) is 0 Å². The molecule has 3 heteroatoms.